The minimum absolute atomic E-state index is 0.226. The lowest BCUT2D eigenvalue weighted by Crippen LogP contribution is -2.38. The second-order valence-electron chi connectivity index (χ2n) is 5.88. The minimum atomic E-state index is 0.226. The van der Waals surface area contributed by atoms with Crippen molar-refractivity contribution in [2.45, 2.75) is 32.4 Å². The number of phenols is 1. The van der Waals surface area contributed by atoms with Crippen molar-refractivity contribution in [2.24, 2.45) is 0 Å². The standard InChI is InChI=1S/C18H24N2O/c1-3-20(15-10-11-19-12-15)13(2)16-9-8-14-6-4-5-7-17(14)18(16)21/h4-9,13,15,19,21H,3,10-12H2,1-2H3. The van der Waals surface area contributed by atoms with E-state index in [2.05, 4.69) is 36.2 Å². The Morgan fingerprint density at radius 1 is 1.29 bits per heavy atom. The largest absolute Gasteiger partial charge is 0.507 e. The molecule has 0 aliphatic carbocycles. The molecular weight excluding hydrogens is 260 g/mol. The maximum absolute atomic E-state index is 10.7. The Morgan fingerprint density at radius 2 is 2.10 bits per heavy atom. The molecule has 112 valence electrons. The van der Waals surface area contributed by atoms with E-state index in [1.807, 2.05) is 24.3 Å². The molecule has 1 heterocycles. The lowest BCUT2D eigenvalue weighted by Gasteiger charge is -2.33. The van der Waals surface area contributed by atoms with Crippen LogP contribution in [0.15, 0.2) is 36.4 Å². The molecule has 3 rings (SSSR count). The van der Waals surface area contributed by atoms with Gasteiger partial charge in [0.2, 0.25) is 0 Å². The molecule has 3 nitrogen and oxygen atoms in total. The summed E-state index contributed by atoms with van der Waals surface area (Å²) in [5.41, 5.74) is 1.03. The van der Waals surface area contributed by atoms with Crippen LogP contribution in [0, 0.1) is 0 Å². The molecule has 2 aromatic carbocycles. The number of nitrogens with one attached hydrogen (secondary N) is 1. The van der Waals surface area contributed by atoms with Gasteiger partial charge in [-0.25, -0.2) is 0 Å². The molecule has 2 unspecified atom stereocenters. The molecule has 2 aromatic rings. The number of likely N-dealkylation sites (N-methyl/N-ethyl adjacent to an activating group) is 1. The molecule has 0 bridgehead atoms. The van der Waals surface area contributed by atoms with Gasteiger partial charge >= 0.3 is 0 Å². The molecule has 0 spiro atoms. The monoisotopic (exact) mass is 284 g/mol. The zero-order chi connectivity index (χ0) is 14.8. The van der Waals surface area contributed by atoms with Crippen molar-refractivity contribution < 1.29 is 5.11 Å². The van der Waals surface area contributed by atoms with E-state index in [-0.39, 0.29) is 6.04 Å². The topological polar surface area (TPSA) is 35.5 Å². The van der Waals surface area contributed by atoms with E-state index in [4.69, 9.17) is 0 Å². The van der Waals surface area contributed by atoms with Crippen LogP contribution in [-0.2, 0) is 0 Å². The molecule has 1 saturated heterocycles. The summed E-state index contributed by atoms with van der Waals surface area (Å²) in [5, 5.41) is 16.1. The number of benzene rings is 2. The summed E-state index contributed by atoms with van der Waals surface area (Å²) >= 11 is 0. The molecule has 0 radical (unpaired) electrons. The summed E-state index contributed by atoms with van der Waals surface area (Å²) in [4.78, 5) is 2.49. The van der Waals surface area contributed by atoms with E-state index >= 15 is 0 Å². The lowest BCUT2D eigenvalue weighted by atomic mass is 9.99. The van der Waals surface area contributed by atoms with Crippen molar-refractivity contribution in [1.29, 1.82) is 0 Å². The minimum Gasteiger partial charge on any atom is -0.507 e. The maximum atomic E-state index is 10.7. The summed E-state index contributed by atoms with van der Waals surface area (Å²) < 4.78 is 0. The van der Waals surface area contributed by atoms with Gasteiger partial charge in [-0.3, -0.25) is 4.90 Å². The molecule has 1 aliphatic heterocycles. The molecule has 0 amide bonds. The zero-order valence-corrected chi connectivity index (χ0v) is 12.8. The fourth-order valence-corrected chi connectivity index (χ4v) is 3.56. The zero-order valence-electron chi connectivity index (χ0n) is 12.8. The van der Waals surface area contributed by atoms with E-state index < -0.39 is 0 Å². The fourth-order valence-electron chi connectivity index (χ4n) is 3.56. The average Bonchev–Trinajstić information content (AvgIpc) is 3.02. The number of rotatable bonds is 4. The summed E-state index contributed by atoms with van der Waals surface area (Å²) in [7, 11) is 0. The maximum Gasteiger partial charge on any atom is 0.128 e. The van der Waals surface area contributed by atoms with Crippen molar-refractivity contribution >= 4 is 10.8 Å². The predicted molar refractivity (Wildman–Crippen MR) is 87.7 cm³/mol. The smallest absolute Gasteiger partial charge is 0.128 e. The Kier molecular flexibility index (Phi) is 4.13. The van der Waals surface area contributed by atoms with Crippen LogP contribution in [0.2, 0.25) is 0 Å². The summed E-state index contributed by atoms with van der Waals surface area (Å²) in [6.07, 6.45) is 1.19. The Hall–Kier alpha value is -1.58. The molecule has 1 aliphatic rings. The molecule has 21 heavy (non-hydrogen) atoms. The molecular formula is C18H24N2O. The van der Waals surface area contributed by atoms with E-state index in [0.717, 1.165) is 36.0 Å². The first-order valence-corrected chi connectivity index (χ1v) is 7.89. The normalized spacial score (nSPS) is 20.2. The fraction of sp³-hybridized carbons (Fsp3) is 0.444. The second kappa shape index (κ2) is 6.04. The van der Waals surface area contributed by atoms with Gasteiger partial charge in [0, 0.05) is 29.6 Å². The average molecular weight is 284 g/mol. The molecule has 0 aromatic heterocycles. The summed E-state index contributed by atoms with van der Waals surface area (Å²) in [6.45, 7) is 7.54. The van der Waals surface area contributed by atoms with Gasteiger partial charge in [0.1, 0.15) is 5.75 Å². The Morgan fingerprint density at radius 3 is 2.81 bits per heavy atom. The van der Waals surface area contributed by atoms with Crippen LogP contribution in [-0.4, -0.2) is 35.7 Å². The Bertz CT molecular complexity index is 620. The third-order valence-electron chi connectivity index (χ3n) is 4.75. The second-order valence-corrected chi connectivity index (χ2v) is 5.88. The quantitative estimate of drug-likeness (QED) is 0.904. The number of fused-ring (bicyclic) bond motifs is 1. The lowest BCUT2D eigenvalue weighted by molar-refractivity contribution is 0.160. The van der Waals surface area contributed by atoms with Gasteiger partial charge in [-0.2, -0.15) is 0 Å². The van der Waals surface area contributed by atoms with E-state index in [1.54, 1.807) is 0 Å². The van der Waals surface area contributed by atoms with Gasteiger partial charge < -0.3 is 10.4 Å². The molecule has 1 fully saturated rings. The number of phenolic OH excluding ortho intramolecular Hbond substituents is 1. The van der Waals surface area contributed by atoms with Gasteiger partial charge in [-0.05, 0) is 31.8 Å². The van der Waals surface area contributed by atoms with E-state index in [0.29, 0.717) is 11.8 Å². The van der Waals surface area contributed by atoms with Crippen LogP contribution in [0.25, 0.3) is 10.8 Å². The highest BCUT2D eigenvalue weighted by molar-refractivity contribution is 5.89. The number of aromatic hydroxyl groups is 1. The van der Waals surface area contributed by atoms with Gasteiger partial charge in [0.15, 0.2) is 0 Å². The van der Waals surface area contributed by atoms with Crippen molar-refractivity contribution in [3.63, 3.8) is 0 Å². The van der Waals surface area contributed by atoms with Crippen LogP contribution < -0.4 is 5.32 Å². The third-order valence-corrected chi connectivity index (χ3v) is 4.75. The molecule has 0 saturated carbocycles. The third kappa shape index (κ3) is 2.63. The van der Waals surface area contributed by atoms with Gasteiger partial charge in [0.25, 0.3) is 0 Å². The van der Waals surface area contributed by atoms with Gasteiger partial charge in [-0.15, -0.1) is 0 Å². The van der Waals surface area contributed by atoms with Crippen molar-refractivity contribution in [1.82, 2.24) is 10.2 Å². The summed E-state index contributed by atoms with van der Waals surface area (Å²) in [5.74, 6) is 0.435. The Balaban J connectivity index is 1.96. The van der Waals surface area contributed by atoms with Gasteiger partial charge in [-0.1, -0.05) is 43.3 Å². The van der Waals surface area contributed by atoms with Crippen LogP contribution in [0.3, 0.4) is 0 Å². The highest BCUT2D eigenvalue weighted by Gasteiger charge is 2.27. The van der Waals surface area contributed by atoms with Gasteiger partial charge in [0.05, 0.1) is 0 Å². The molecule has 2 atom stereocenters. The van der Waals surface area contributed by atoms with Crippen LogP contribution >= 0.6 is 0 Å². The first-order chi connectivity index (χ1) is 10.2. The van der Waals surface area contributed by atoms with Crippen molar-refractivity contribution in [3.8, 4) is 5.75 Å². The SMILES string of the molecule is CCN(C1CCNC1)C(C)c1ccc2ccccc2c1O. The molecule has 3 heteroatoms. The number of hydrogen-bond donors (Lipinski definition) is 2. The van der Waals surface area contributed by atoms with Crippen LogP contribution in [0.5, 0.6) is 5.75 Å². The first kappa shape index (κ1) is 14.4. The van der Waals surface area contributed by atoms with Crippen molar-refractivity contribution in [3.05, 3.63) is 42.0 Å². The van der Waals surface area contributed by atoms with Crippen LogP contribution in [0.4, 0.5) is 0 Å². The first-order valence-electron chi connectivity index (χ1n) is 7.89. The number of nitrogens with zero attached hydrogens (tertiary/aromatic N) is 1. The van der Waals surface area contributed by atoms with E-state index in [9.17, 15) is 5.11 Å². The Labute approximate surface area is 126 Å². The predicted octanol–water partition coefficient (Wildman–Crippen LogP) is 3.29. The highest BCUT2D eigenvalue weighted by atomic mass is 16.3. The van der Waals surface area contributed by atoms with Crippen molar-refractivity contribution in [2.75, 3.05) is 19.6 Å². The summed E-state index contributed by atoms with van der Waals surface area (Å²) in [6, 6.07) is 13.0. The van der Waals surface area contributed by atoms with Crippen LogP contribution in [0.1, 0.15) is 31.9 Å². The number of hydrogen-bond acceptors (Lipinski definition) is 3. The van der Waals surface area contributed by atoms with E-state index in [1.165, 1.54) is 6.42 Å². The highest BCUT2D eigenvalue weighted by Crippen LogP contribution is 2.35. The molecule has 2 N–H and O–H groups in total.